The third kappa shape index (κ3) is 5.01. The van der Waals surface area contributed by atoms with Crippen molar-refractivity contribution in [1.82, 2.24) is 4.98 Å². The van der Waals surface area contributed by atoms with E-state index in [0.29, 0.717) is 27.2 Å². The number of hydrogen-bond donors (Lipinski definition) is 1. The van der Waals surface area contributed by atoms with Gasteiger partial charge in [-0.05, 0) is 48.7 Å². The number of amides is 1. The summed E-state index contributed by atoms with van der Waals surface area (Å²) in [5.41, 5.74) is 3.76. The van der Waals surface area contributed by atoms with Crippen molar-refractivity contribution in [3.63, 3.8) is 0 Å². The van der Waals surface area contributed by atoms with Crippen LogP contribution < -0.4 is 10.1 Å². The van der Waals surface area contributed by atoms with Gasteiger partial charge in [-0.3, -0.25) is 4.79 Å². The van der Waals surface area contributed by atoms with Crippen LogP contribution in [0.15, 0.2) is 59.6 Å². The Morgan fingerprint density at radius 3 is 2.65 bits per heavy atom. The van der Waals surface area contributed by atoms with Gasteiger partial charge in [0.25, 0.3) is 0 Å². The molecule has 0 radical (unpaired) electrons. The minimum Gasteiger partial charge on any atom is -0.497 e. The Balaban J connectivity index is 1.60. The second-order valence-electron chi connectivity index (χ2n) is 7.21. The van der Waals surface area contributed by atoms with Gasteiger partial charge in [0, 0.05) is 17.2 Å². The summed E-state index contributed by atoms with van der Waals surface area (Å²) in [6.07, 6.45) is 2.19. The molecule has 1 saturated carbocycles. The number of nitrogens with zero attached hydrogens (tertiary/aromatic N) is 2. The molecule has 1 aromatic heterocycles. The first-order valence-corrected chi connectivity index (χ1v) is 11.2. The lowest BCUT2D eigenvalue weighted by Gasteiger charge is -2.13. The highest BCUT2D eigenvalue weighted by molar-refractivity contribution is 8.00. The molecular formula is C24H20ClN3O2S. The number of pyridine rings is 1. The zero-order valence-electron chi connectivity index (χ0n) is 16.9. The van der Waals surface area contributed by atoms with Gasteiger partial charge < -0.3 is 10.1 Å². The van der Waals surface area contributed by atoms with Crippen LogP contribution in [0.3, 0.4) is 0 Å². The molecule has 0 bridgehead atoms. The zero-order valence-corrected chi connectivity index (χ0v) is 18.5. The number of nitrogens with one attached hydrogen (secondary N) is 1. The fraction of sp³-hybridized carbons (Fsp3) is 0.208. The minimum absolute atomic E-state index is 0.128. The second-order valence-corrected chi connectivity index (χ2v) is 8.58. The van der Waals surface area contributed by atoms with E-state index in [-0.39, 0.29) is 11.7 Å². The molecule has 1 aliphatic carbocycles. The van der Waals surface area contributed by atoms with Gasteiger partial charge in [-0.15, -0.1) is 0 Å². The monoisotopic (exact) mass is 449 g/mol. The Labute approximate surface area is 190 Å². The molecule has 1 aliphatic rings. The van der Waals surface area contributed by atoms with Crippen molar-refractivity contribution in [2.75, 3.05) is 18.2 Å². The maximum Gasteiger partial charge on any atom is 0.234 e. The molecule has 1 N–H and O–H groups in total. The molecular weight excluding hydrogens is 430 g/mol. The SMILES string of the molecule is COc1ccc(-c2cc(C3CC3)nc(SCC(=O)Nc3ccccc3Cl)c2C#N)cc1. The van der Waals surface area contributed by atoms with Crippen LogP contribution in [0, 0.1) is 11.3 Å². The maximum atomic E-state index is 12.5. The number of nitriles is 1. The molecule has 5 nitrogen and oxygen atoms in total. The number of carbonyl (C=O) groups is 1. The number of ether oxygens (including phenoxy) is 1. The summed E-state index contributed by atoms with van der Waals surface area (Å²) >= 11 is 7.39. The Morgan fingerprint density at radius 1 is 1.26 bits per heavy atom. The standard InChI is InChI=1S/C24H20ClN3O2S/c1-30-17-10-8-15(9-11-17)18-12-22(16-6-7-16)28-24(19(18)13-26)31-14-23(29)27-21-5-3-2-4-20(21)25/h2-5,8-12,16H,6-7,14H2,1H3,(H,27,29). The van der Waals surface area contributed by atoms with E-state index in [1.807, 2.05) is 36.4 Å². The van der Waals surface area contributed by atoms with E-state index < -0.39 is 0 Å². The van der Waals surface area contributed by atoms with Crippen LogP contribution in [-0.4, -0.2) is 23.8 Å². The lowest BCUT2D eigenvalue weighted by molar-refractivity contribution is -0.113. The van der Waals surface area contributed by atoms with Crippen molar-refractivity contribution < 1.29 is 9.53 Å². The number of carbonyl (C=O) groups excluding carboxylic acids is 1. The topological polar surface area (TPSA) is 75.0 Å². The van der Waals surface area contributed by atoms with E-state index in [9.17, 15) is 10.1 Å². The van der Waals surface area contributed by atoms with Crippen molar-refractivity contribution in [2.45, 2.75) is 23.8 Å². The van der Waals surface area contributed by atoms with Gasteiger partial charge in [-0.1, -0.05) is 47.6 Å². The predicted molar refractivity (Wildman–Crippen MR) is 124 cm³/mol. The van der Waals surface area contributed by atoms with E-state index in [2.05, 4.69) is 11.4 Å². The van der Waals surface area contributed by atoms with E-state index in [4.69, 9.17) is 21.3 Å². The summed E-state index contributed by atoms with van der Waals surface area (Å²) < 4.78 is 5.24. The summed E-state index contributed by atoms with van der Waals surface area (Å²) in [7, 11) is 1.62. The quantitative estimate of drug-likeness (QED) is 0.455. The van der Waals surface area contributed by atoms with E-state index in [1.165, 1.54) is 11.8 Å². The zero-order chi connectivity index (χ0) is 21.8. The number of thioether (sulfide) groups is 1. The number of rotatable bonds is 7. The fourth-order valence-electron chi connectivity index (χ4n) is 3.22. The van der Waals surface area contributed by atoms with Crippen molar-refractivity contribution in [3.05, 3.63) is 70.9 Å². The summed E-state index contributed by atoms with van der Waals surface area (Å²) in [5, 5.41) is 13.8. The molecule has 1 heterocycles. The van der Waals surface area contributed by atoms with Crippen molar-refractivity contribution >= 4 is 35.0 Å². The van der Waals surface area contributed by atoms with Crippen LogP contribution in [-0.2, 0) is 4.79 Å². The highest BCUT2D eigenvalue weighted by Crippen LogP contribution is 2.42. The number of anilines is 1. The Bertz CT molecular complexity index is 1150. The van der Waals surface area contributed by atoms with Gasteiger partial charge in [0.15, 0.2) is 0 Å². The minimum atomic E-state index is -0.202. The highest BCUT2D eigenvalue weighted by Gasteiger charge is 2.27. The molecule has 7 heteroatoms. The van der Waals surface area contributed by atoms with Gasteiger partial charge in [-0.2, -0.15) is 5.26 Å². The van der Waals surface area contributed by atoms with Gasteiger partial charge in [-0.25, -0.2) is 4.98 Å². The summed E-state index contributed by atoms with van der Waals surface area (Å²) in [6, 6.07) is 19.0. The number of hydrogen-bond acceptors (Lipinski definition) is 5. The highest BCUT2D eigenvalue weighted by atomic mass is 35.5. The summed E-state index contributed by atoms with van der Waals surface area (Å²) in [4.78, 5) is 17.2. The normalized spacial score (nSPS) is 12.8. The molecule has 0 spiro atoms. The lowest BCUT2D eigenvalue weighted by atomic mass is 10.00. The molecule has 4 rings (SSSR count). The van der Waals surface area contributed by atoms with Crippen LogP contribution in [0.4, 0.5) is 5.69 Å². The van der Waals surface area contributed by atoms with Crippen molar-refractivity contribution in [2.24, 2.45) is 0 Å². The fourth-order valence-corrected chi connectivity index (χ4v) is 4.22. The van der Waals surface area contributed by atoms with E-state index in [1.54, 1.807) is 25.3 Å². The molecule has 0 aliphatic heterocycles. The van der Waals surface area contributed by atoms with E-state index >= 15 is 0 Å². The third-order valence-corrected chi connectivity index (χ3v) is 6.31. The smallest absolute Gasteiger partial charge is 0.234 e. The lowest BCUT2D eigenvalue weighted by Crippen LogP contribution is -2.14. The summed E-state index contributed by atoms with van der Waals surface area (Å²) in [6.45, 7) is 0. The van der Waals surface area contributed by atoms with Crippen LogP contribution in [0.2, 0.25) is 5.02 Å². The number of halogens is 1. The molecule has 0 saturated heterocycles. The van der Waals surface area contributed by atoms with Crippen molar-refractivity contribution in [3.8, 4) is 22.9 Å². The molecule has 156 valence electrons. The Morgan fingerprint density at radius 2 is 2.00 bits per heavy atom. The molecule has 31 heavy (non-hydrogen) atoms. The Kier molecular flexibility index (Phi) is 6.45. The van der Waals surface area contributed by atoms with Crippen LogP contribution in [0.5, 0.6) is 5.75 Å². The first-order valence-electron chi connectivity index (χ1n) is 9.85. The first kappa shape index (κ1) is 21.2. The molecule has 2 aromatic carbocycles. The molecule has 0 unspecified atom stereocenters. The number of para-hydroxylation sites is 1. The van der Waals surface area contributed by atoms with Gasteiger partial charge in [0.05, 0.1) is 29.1 Å². The summed E-state index contributed by atoms with van der Waals surface area (Å²) in [5.74, 6) is 1.10. The van der Waals surface area contributed by atoms with Gasteiger partial charge in [0.1, 0.15) is 16.8 Å². The van der Waals surface area contributed by atoms with E-state index in [0.717, 1.165) is 35.4 Å². The first-order chi connectivity index (χ1) is 15.1. The average Bonchev–Trinajstić information content (AvgIpc) is 3.64. The van der Waals surface area contributed by atoms with Gasteiger partial charge >= 0.3 is 0 Å². The molecule has 1 fully saturated rings. The van der Waals surface area contributed by atoms with Crippen molar-refractivity contribution in [1.29, 1.82) is 5.26 Å². The van der Waals surface area contributed by atoms with Crippen LogP contribution >= 0.6 is 23.4 Å². The van der Waals surface area contributed by atoms with Crippen LogP contribution in [0.1, 0.15) is 30.0 Å². The average molecular weight is 450 g/mol. The maximum absolute atomic E-state index is 12.5. The number of benzene rings is 2. The van der Waals surface area contributed by atoms with Crippen LogP contribution in [0.25, 0.3) is 11.1 Å². The number of aromatic nitrogens is 1. The number of methoxy groups -OCH3 is 1. The van der Waals surface area contributed by atoms with Gasteiger partial charge in [0.2, 0.25) is 5.91 Å². The largest absolute Gasteiger partial charge is 0.497 e. The molecule has 1 amide bonds. The predicted octanol–water partition coefficient (Wildman–Crippen LogP) is 5.89. The Hall–Kier alpha value is -3.01. The molecule has 3 aromatic rings. The third-order valence-electron chi connectivity index (χ3n) is 5.00. The second kappa shape index (κ2) is 9.42. The molecule has 0 atom stereocenters.